The molecule has 5 nitrogen and oxygen atoms in total. The third-order valence-corrected chi connectivity index (χ3v) is 2.62. The molecule has 1 aromatic carbocycles. The number of ether oxygens (including phenoxy) is 1. The van der Waals surface area contributed by atoms with Gasteiger partial charge < -0.3 is 15.0 Å². The Morgan fingerprint density at radius 3 is 2.94 bits per heavy atom. The van der Waals surface area contributed by atoms with Crippen LogP contribution in [-0.2, 0) is 0 Å². The molecule has 0 aliphatic carbocycles. The Labute approximate surface area is 104 Å². The number of rotatable bonds is 4. The van der Waals surface area contributed by atoms with Crippen LogP contribution in [-0.4, -0.2) is 17.3 Å². The fourth-order valence-corrected chi connectivity index (χ4v) is 1.55. The third kappa shape index (κ3) is 2.19. The van der Waals surface area contributed by atoms with E-state index in [9.17, 15) is 4.39 Å². The Hall–Kier alpha value is -1.95. The molecule has 0 saturated carbocycles. The molecule has 1 unspecified atom stereocenters. The van der Waals surface area contributed by atoms with Gasteiger partial charge in [-0.3, -0.25) is 0 Å². The molecule has 1 aromatic heterocycles. The topological polar surface area (TPSA) is 74.2 Å². The van der Waals surface area contributed by atoms with Gasteiger partial charge in [-0.25, -0.2) is 4.39 Å². The molecule has 18 heavy (non-hydrogen) atoms. The number of hydrogen-bond acceptors (Lipinski definition) is 5. The van der Waals surface area contributed by atoms with Gasteiger partial charge in [-0.15, -0.1) is 0 Å². The molecule has 96 valence electrons. The van der Waals surface area contributed by atoms with E-state index in [2.05, 4.69) is 10.1 Å². The summed E-state index contributed by atoms with van der Waals surface area (Å²) in [4.78, 5) is 4.10. The number of methoxy groups -OCH3 is 1. The predicted octanol–water partition coefficient (Wildman–Crippen LogP) is 2.29. The molecule has 1 heterocycles. The first-order chi connectivity index (χ1) is 8.67. The van der Waals surface area contributed by atoms with Gasteiger partial charge in [-0.05, 0) is 18.6 Å². The van der Waals surface area contributed by atoms with E-state index in [4.69, 9.17) is 15.0 Å². The lowest BCUT2D eigenvalue weighted by Gasteiger charge is -2.05. The van der Waals surface area contributed by atoms with Crippen LogP contribution in [0.3, 0.4) is 0 Å². The van der Waals surface area contributed by atoms with Gasteiger partial charge in [0.1, 0.15) is 17.1 Å². The van der Waals surface area contributed by atoms with Crippen molar-refractivity contribution in [1.82, 2.24) is 10.1 Å². The van der Waals surface area contributed by atoms with E-state index in [1.165, 1.54) is 13.2 Å². The summed E-state index contributed by atoms with van der Waals surface area (Å²) in [6.07, 6.45) is 0.674. The minimum Gasteiger partial charge on any atom is -0.496 e. The molecule has 0 bridgehead atoms. The Bertz CT molecular complexity index is 542. The molecular formula is C12H14FN3O2. The number of hydrogen-bond donors (Lipinski definition) is 1. The van der Waals surface area contributed by atoms with Crippen molar-refractivity contribution in [1.29, 1.82) is 0 Å². The van der Waals surface area contributed by atoms with Crippen molar-refractivity contribution in [2.45, 2.75) is 19.4 Å². The Morgan fingerprint density at radius 1 is 1.50 bits per heavy atom. The molecular weight excluding hydrogens is 237 g/mol. The second-order valence-electron chi connectivity index (χ2n) is 3.79. The average Bonchev–Trinajstić information content (AvgIpc) is 2.86. The summed E-state index contributed by atoms with van der Waals surface area (Å²) in [5.74, 6) is 0.298. The van der Waals surface area contributed by atoms with Gasteiger partial charge in [0.05, 0.1) is 13.2 Å². The van der Waals surface area contributed by atoms with Crippen molar-refractivity contribution in [3.63, 3.8) is 0 Å². The van der Waals surface area contributed by atoms with Crippen LogP contribution in [0, 0.1) is 5.82 Å². The largest absolute Gasteiger partial charge is 0.496 e. The molecule has 1 atom stereocenters. The maximum atomic E-state index is 13.8. The third-order valence-electron chi connectivity index (χ3n) is 2.62. The van der Waals surface area contributed by atoms with E-state index in [1.54, 1.807) is 12.1 Å². The summed E-state index contributed by atoms with van der Waals surface area (Å²) in [6.45, 7) is 1.91. The average molecular weight is 251 g/mol. The van der Waals surface area contributed by atoms with E-state index >= 15 is 0 Å². The first kappa shape index (κ1) is 12.5. The van der Waals surface area contributed by atoms with Gasteiger partial charge in [0.2, 0.25) is 0 Å². The highest BCUT2D eigenvalue weighted by Crippen LogP contribution is 2.31. The summed E-state index contributed by atoms with van der Waals surface area (Å²) in [7, 11) is 1.45. The van der Waals surface area contributed by atoms with Crippen LogP contribution in [0.15, 0.2) is 22.7 Å². The van der Waals surface area contributed by atoms with Gasteiger partial charge in [-0.1, -0.05) is 18.1 Å². The van der Waals surface area contributed by atoms with E-state index in [0.29, 0.717) is 18.0 Å². The SMILES string of the molecule is CCC(N)c1noc(-c2c(F)cccc2OC)n1. The first-order valence-electron chi connectivity index (χ1n) is 5.59. The maximum Gasteiger partial charge on any atom is 0.264 e. The van der Waals surface area contributed by atoms with Crippen molar-refractivity contribution >= 4 is 0 Å². The van der Waals surface area contributed by atoms with Crippen LogP contribution in [0.4, 0.5) is 4.39 Å². The van der Waals surface area contributed by atoms with Crippen molar-refractivity contribution in [2.75, 3.05) is 7.11 Å². The van der Waals surface area contributed by atoms with E-state index < -0.39 is 5.82 Å². The molecule has 0 spiro atoms. The highest BCUT2D eigenvalue weighted by molar-refractivity contribution is 5.63. The summed E-state index contributed by atoms with van der Waals surface area (Å²) >= 11 is 0. The number of nitrogens with zero attached hydrogens (tertiary/aromatic N) is 2. The van der Waals surface area contributed by atoms with E-state index in [1.807, 2.05) is 6.92 Å². The summed E-state index contributed by atoms with van der Waals surface area (Å²) < 4.78 is 23.9. The van der Waals surface area contributed by atoms with Crippen LogP contribution in [0.25, 0.3) is 11.5 Å². The van der Waals surface area contributed by atoms with Crippen LogP contribution >= 0.6 is 0 Å². The molecule has 2 N–H and O–H groups in total. The van der Waals surface area contributed by atoms with E-state index in [0.717, 1.165) is 0 Å². The number of nitrogens with two attached hydrogens (primary N) is 1. The van der Waals surface area contributed by atoms with E-state index in [-0.39, 0.29) is 17.5 Å². The maximum absolute atomic E-state index is 13.8. The molecule has 0 saturated heterocycles. The highest BCUT2D eigenvalue weighted by Gasteiger charge is 2.20. The lowest BCUT2D eigenvalue weighted by atomic mass is 10.2. The molecule has 2 rings (SSSR count). The van der Waals surface area contributed by atoms with Crippen LogP contribution < -0.4 is 10.5 Å². The van der Waals surface area contributed by atoms with Crippen molar-refractivity contribution < 1.29 is 13.7 Å². The number of halogens is 1. The second-order valence-corrected chi connectivity index (χ2v) is 3.79. The predicted molar refractivity (Wildman–Crippen MR) is 63.5 cm³/mol. The molecule has 6 heteroatoms. The Balaban J connectivity index is 2.46. The Kier molecular flexibility index (Phi) is 3.57. The quantitative estimate of drug-likeness (QED) is 0.902. The number of benzene rings is 1. The fraction of sp³-hybridized carbons (Fsp3) is 0.333. The zero-order valence-corrected chi connectivity index (χ0v) is 10.2. The van der Waals surface area contributed by atoms with Gasteiger partial charge in [-0.2, -0.15) is 4.98 Å². The van der Waals surface area contributed by atoms with Gasteiger partial charge in [0.15, 0.2) is 5.82 Å². The summed E-state index contributed by atoms with van der Waals surface area (Å²) in [6, 6.07) is 4.16. The molecule has 0 amide bonds. The zero-order valence-electron chi connectivity index (χ0n) is 10.2. The van der Waals surface area contributed by atoms with Crippen LogP contribution in [0.5, 0.6) is 5.75 Å². The van der Waals surface area contributed by atoms with Gasteiger partial charge >= 0.3 is 0 Å². The highest BCUT2D eigenvalue weighted by atomic mass is 19.1. The lowest BCUT2D eigenvalue weighted by molar-refractivity contribution is 0.396. The molecule has 0 radical (unpaired) electrons. The molecule has 2 aromatic rings. The van der Waals surface area contributed by atoms with Crippen LogP contribution in [0.1, 0.15) is 25.2 Å². The van der Waals surface area contributed by atoms with Gasteiger partial charge in [0.25, 0.3) is 5.89 Å². The first-order valence-corrected chi connectivity index (χ1v) is 5.59. The minimum atomic E-state index is -0.477. The summed E-state index contributed by atoms with van der Waals surface area (Å²) in [5.41, 5.74) is 5.94. The minimum absolute atomic E-state index is 0.0730. The van der Waals surface area contributed by atoms with Crippen molar-refractivity contribution in [2.24, 2.45) is 5.73 Å². The molecule has 0 aliphatic heterocycles. The number of aromatic nitrogens is 2. The fourth-order valence-electron chi connectivity index (χ4n) is 1.55. The standard InChI is InChI=1S/C12H14FN3O2/c1-3-8(14)11-15-12(18-16-11)10-7(13)5-4-6-9(10)17-2/h4-6,8H,3,14H2,1-2H3. The Morgan fingerprint density at radius 2 is 2.28 bits per heavy atom. The molecule has 0 aliphatic rings. The van der Waals surface area contributed by atoms with Crippen molar-refractivity contribution in [3.8, 4) is 17.2 Å². The van der Waals surface area contributed by atoms with Gasteiger partial charge in [0, 0.05) is 0 Å². The zero-order chi connectivity index (χ0) is 13.1. The lowest BCUT2D eigenvalue weighted by Crippen LogP contribution is -2.10. The van der Waals surface area contributed by atoms with Crippen LogP contribution in [0.2, 0.25) is 0 Å². The van der Waals surface area contributed by atoms with Crippen molar-refractivity contribution in [3.05, 3.63) is 29.8 Å². The summed E-state index contributed by atoms with van der Waals surface area (Å²) in [5, 5.41) is 3.75. The smallest absolute Gasteiger partial charge is 0.264 e. The monoisotopic (exact) mass is 251 g/mol. The normalized spacial score (nSPS) is 12.4. The second kappa shape index (κ2) is 5.14. The molecule has 0 fully saturated rings.